The number of nitrogens with zero attached hydrogens (tertiary/aromatic N) is 4. The minimum absolute atomic E-state index is 0.0303. The average molecular weight is 489 g/mol. The Morgan fingerprint density at radius 2 is 1.77 bits per heavy atom. The highest BCUT2D eigenvalue weighted by molar-refractivity contribution is 5.95. The van der Waals surface area contributed by atoms with Crippen molar-refractivity contribution in [1.29, 1.82) is 0 Å². The van der Waals surface area contributed by atoms with Crippen molar-refractivity contribution in [1.82, 2.24) is 25.6 Å². The predicted molar refractivity (Wildman–Crippen MR) is 120 cm³/mol. The first-order valence-electron chi connectivity index (χ1n) is 10.2. The smallest absolute Gasteiger partial charge is 0.416 e. The van der Waals surface area contributed by atoms with Crippen molar-refractivity contribution in [2.75, 3.05) is 10.7 Å². The molecule has 0 spiro atoms. The molecule has 0 bridgehead atoms. The molecule has 3 N–H and O–H groups in total. The molecule has 3 rings (SSSR count). The molecule has 0 unspecified atom stereocenters. The summed E-state index contributed by atoms with van der Waals surface area (Å²) in [5.41, 5.74) is 4.36. The lowest BCUT2D eigenvalue weighted by Gasteiger charge is -2.19. The van der Waals surface area contributed by atoms with E-state index in [9.17, 15) is 22.8 Å². The maximum absolute atomic E-state index is 12.9. The Morgan fingerprint density at radius 3 is 2.37 bits per heavy atom. The zero-order valence-electron chi connectivity index (χ0n) is 19.2. The first-order chi connectivity index (χ1) is 16.3. The number of ether oxygens (including phenoxy) is 1. The van der Waals surface area contributed by atoms with Gasteiger partial charge in [-0.25, -0.2) is 14.8 Å². The molecular formula is C22H22F3N7O3. The van der Waals surface area contributed by atoms with Gasteiger partial charge in [-0.1, -0.05) is 12.1 Å². The number of halogens is 3. The Kier molecular flexibility index (Phi) is 7.17. The molecule has 2 aromatic heterocycles. The van der Waals surface area contributed by atoms with Crippen LogP contribution in [0.15, 0.2) is 42.6 Å². The number of aromatic nitrogens is 4. The summed E-state index contributed by atoms with van der Waals surface area (Å²) in [6.07, 6.45) is -3.97. The molecule has 0 radical (unpaired) electrons. The molecule has 13 heteroatoms. The SMILES string of the molecule is Cc1nc(NC(=O)OC(C)(C)C)ncc1C(=O)NNc1ccc(-c2cccc(C(F)(F)F)c2)nn1. The van der Waals surface area contributed by atoms with Gasteiger partial charge in [-0.2, -0.15) is 13.2 Å². The van der Waals surface area contributed by atoms with Gasteiger partial charge in [-0.3, -0.25) is 21.0 Å². The summed E-state index contributed by atoms with van der Waals surface area (Å²) in [4.78, 5) is 32.3. The van der Waals surface area contributed by atoms with E-state index in [1.807, 2.05) is 0 Å². The maximum Gasteiger partial charge on any atom is 0.416 e. The first-order valence-corrected chi connectivity index (χ1v) is 10.2. The highest BCUT2D eigenvalue weighted by Crippen LogP contribution is 2.31. The number of amides is 2. The van der Waals surface area contributed by atoms with Crippen LogP contribution >= 0.6 is 0 Å². The number of alkyl halides is 3. The van der Waals surface area contributed by atoms with Crippen molar-refractivity contribution in [2.24, 2.45) is 0 Å². The molecule has 0 saturated carbocycles. The van der Waals surface area contributed by atoms with E-state index in [-0.39, 0.29) is 34.3 Å². The van der Waals surface area contributed by atoms with Gasteiger partial charge in [0.2, 0.25) is 5.95 Å². The van der Waals surface area contributed by atoms with Crippen LogP contribution in [0.3, 0.4) is 0 Å². The molecule has 0 atom stereocenters. The van der Waals surface area contributed by atoms with E-state index < -0.39 is 29.3 Å². The molecule has 2 amide bonds. The Morgan fingerprint density at radius 1 is 1.03 bits per heavy atom. The minimum atomic E-state index is -4.47. The Bertz CT molecular complexity index is 1230. The van der Waals surface area contributed by atoms with Gasteiger partial charge in [0.25, 0.3) is 5.91 Å². The molecule has 3 aromatic rings. The number of aryl methyl sites for hydroxylation is 1. The van der Waals surface area contributed by atoms with Crippen LogP contribution in [0.5, 0.6) is 0 Å². The minimum Gasteiger partial charge on any atom is -0.444 e. The largest absolute Gasteiger partial charge is 0.444 e. The van der Waals surface area contributed by atoms with Crippen LogP contribution in [0.25, 0.3) is 11.3 Å². The lowest BCUT2D eigenvalue weighted by molar-refractivity contribution is -0.137. The normalized spacial score (nSPS) is 11.5. The second-order valence-corrected chi connectivity index (χ2v) is 8.28. The molecule has 184 valence electrons. The monoisotopic (exact) mass is 489 g/mol. The standard InChI is InChI=1S/C22H22F3N7O3/c1-12-15(11-26-19(27-12)28-20(34)35-21(2,3)4)18(33)32-31-17-9-8-16(29-30-17)13-6-5-7-14(10-13)22(23,24)25/h5-11H,1-4H3,(H,30,31)(H,32,33)(H,26,27,28,34). The lowest BCUT2D eigenvalue weighted by atomic mass is 10.1. The van der Waals surface area contributed by atoms with Gasteiger partial charge in [0.05, 0.1) is 22.5 Å². The third-order valence-corrected chi connectivity index (χ3v) is 4.29. The topological polar surface area (TPSA) is 131 Å². The number of benzene rings is 1. The van der Waals surface area contributed by atoms with Gasteiger partial charge < -0.3 is 4.74 Å². The fourth-order valence-electron chi connectivity index (χ4n) is 2.74. The van der Waals surface area contributed by atoms with E-state index in [0.717, 1.165) is 12.1 Å². The van der Waals surface area contributed by atoms with E-state index in [1.165, 1.54) is 30.5 Å². The number of hydrogen-bond acceptors (Lipinski definition) is 8. The van der Waals surface area contributed by atoms with Crippen molar-refractivity contribution in [2.45, 2.75) is 39.5 Å². The van der Waals surface area contributed by atoms with Crippen molar-refractivity contribution in [3.05, 3.63) is 59.4 Å². The van der Waals surface area contributed by atoms with Crippen molar-refractivity contribution >= 4 is 23.8 Å². The number of anilines is 2. The van der Waals surface area contributed by atoms with Gasteiger partial charge in [0.15, 0.2) is 5.82 Å². The number of rotatable bonds is 5. The van der Waals surface area contributed by atoms with Crippen LogP contribution in [0, 0.1) is 6.92 Å². The summed E-state index contributed by atoms with van der Waals surface area (Å²) in [5, 5.41) is 10.1. The Balaban J connectivity index is 1.61. The fourth-order valence-corrected chi connectivity index (χ4v) is 2.74. The summed E-state index contributed by atoms with van der Waals surface area (Å²) < 4.78 is 43.9. The third-order valence-electron chi connectivity index (χ3n) is 4.29. The third kappa shape index (κ3) is 7.09. The van der Waals surface area contributed by atoms with Crippen LogP contribution < -0.4 is 16.2 Å². The summed E-state index contributed by atoms with van der Waals surface area (Å²) >= 11 is 0. The van der Waals surface area contributed by atoms with E-state index in [0.29, 0.717) is 0 Å². The molecule has 0 saturated heterocycles. The molecular weight excluding hydrogens is 467 g/mol. The zero-order valence-corrected chi connectivity index (χ0v) is 19.2. The van der Waals surface area contributed by atoms with Gasteiger partial charge in [-0.15, -0.1) is 10.2 Å². The van der Waals surface area contributed by atoms with Crippen LogP contribution in [-0.2, 0) is 10.9 Å². The second kappa shape index (κ2) is 9.91. The van der Waals surface area contributed by atoms with E-state index in [1.54, 1.807) is 27.7 Å². The Hall–Kier alpha value is -4.29. The first kappa shape index (κ1) is 25.3. The zero-order chi connectivity index (χ0) is 25.8. The molecule has 10 nitrogen and oxygen atoms in total. The van der Waals surface area contributed by atoms with Crippen molar-refractivity contribution in [3.8, 4) is 11.3 Å². The lowest BCUT2D eigenvalue weighted by Crippen LogP contribution is -2.31. The summed E-state index contributed by atoms with van der Waals surface area (Å²) in [5.74, 6) is -0.469. The van der Waals surface area contributed by atoms with Crippen molar-refractivity contribution in [3.63, 3.8) is 0 Å². The summed E-state index contributed by atoms with van der Waals surface area (Å²) in [6, 6.07) is 7.61. The number of hydrogen-bond donors (Lipinski definition) is 3. The summed E-state index contributed by atoms with van der Waals surface area (Å²) in [6.45, 7) is 6.69. The van der Waals surface area contributed by atoms with Gasteiger partial charge in [0, 0.05) is 11.8 Å². The number of hydrazine groups is 1. The quantitative estimate of drug-likeness (QED) is 0.451. The predicted octanol–water partition coefficient (Wildman–Crippen LogP) is 4.36. The summed E-state index contributed by atoms with van der Waals surface area (Å²) in [7, 11) is 0. The number of nitrogens with one attached hydrogen (secondary N) is 3. The van der Waals surface area contributed by atoms with Crippen LogP contribution in [0.2, 0.25) is 0 Å². The van der Waals surface area contributed by atoms with E-state index in [2.05, 4.69) is 36.3 Å². The molecule has 1 aromatic carbocycles. The van der Waals surface area contributed by atoms with Gasteiger partial charge in [0.1, 0.15) is 5.60 Å². The average Bonchev–Trinajstić information content (AvgIpc) is 2.76. The molecule has 0 aliphatic carbocycles. The Labute approximate surface area is 198 Å². The molecule has 0 fully saturated rings. The van der Waals surface area contributed by atoms with Gasteiger partial charge >= 0.3 is 12.3 Å². The van der Waals surface area contributed by atoms with E-state index >= 15 is 0 Å². The number of carbonyl (C=O) groups is 2. The van der Waals surface area contributed by atoms with Crippen LogP contribution in [0.4, 0.5) is 29.7 Å². The van der Waals surface area contributed by atoms with Crippen LogP contribution in [-0.4, -0.2) is 37.8 Å². The number of carbonyl (C=O) groups excluding carboxylic acids is 2. The molecule has 0 aliphatic rings. The van der Waals surface area contributed by atoms with Gasteiger partial charge in [-0.05, 0) is 52.0 Å². The molecule has 2 heterocycles. The molecule has 35 heavy (non-hydrogen) atoms. The fraction of sp³-hybridized carbons (Fsp3) is 0.273. The maximum atomic E-state index is 12.9. The van der Waals surface area contributed by atoms with E-state index in [4.69, 9.17) is 4.74 Å². The molecule has 0 aliphatic heterocycles. The highest BCUT2D eigenvalue weighted by atomic mass is 19.4. The van der Waals surface area contributed by atoms with Crippen LogP contribution in [0.1, 0.15) is 42.4 Å². The highest BCUT2D eigenvalue weighted by Gasteiger charge is 2.30. The van der Waals surface area contributed by atoms with Crippen molar-refractivity contribution < 1.29 is 27.5 Å². The second-order valence-electron chi connectivity index (χ2n) is 8.28.